The van der Waals surface area contributed by atoms with Crippen molar-refractivity contribution in [1.29, 1.82) is 0 Å². The van der Waals surface area contributed by atoms with Crippen LogP contribution >= 0.6 is 0 Å². The van der Waals surface area contributed by atoms with Crippen LogP contribution in [0.4, 0.5) is 10.2 Å². The van der Waals surface area contributed by atoms with Crippen molar-refractivity contribution in [1.82, 2.24) is 4.98 Å². The topological polar surface area (TPSA) is 25.4 Å². The molecule has 0 aliphatic carbocycles. The van der Waals surface area contributed by atoms with E-state index in [1.165, 1.54) is 0 Å². The molecule has 0 spiro atoms. The fourth-order valence-corrected chi connectivity index (χ4v) is 2.37. The summed E-state index contributed by atoms with van der Waals surface area (Å²) >= 11 is 0. The van der Waals surface area contributed by atoms with E-state index in [0.717, 1.165) is 17.1 Å². The number of rotatable bonds is 0. The molecule has 94 valence electrons. The van der Waals surface area contributed by atoms with Gasteiger partial charge < -0.3 is 9.64 Å². The molecule has 1 aromatic heterocycles. The Morgan fingerprint density at radius 3 is 3.00 bits per heavy atom. The van der Waals surface area contributed by atoms with Crippen LogP contribution < -0.4 is 9.64 Å². The van der Waals surface area contributed by atoms with Crippen LogP contribution in [0.2, 0.25) is 0 Å². The molecule has 1 aromatic rings. The summed E-state index contributed by atoms with van der Waals surface area (Å²) in [6.45, 7) is 7.03. The summed E-state index contributed by atoms with van der Waals surface area (Å²) in [5, 5.41) is 0. The van der Waals surface area contributed by atoms with E-state index in [0.29, 0.717) is 19.6 Å². The number of nitrogens with zero attached hydrogens (tertiary/aromatic N) is 2. The second kappa shape index (κ2) is 4.90. The third kappa shape index (κ3) is 2.08. The van der Waals surface area contributed by atoms with E-state index in [2.05, 4.69) is 4.98 Å². The Morgan fingerprint density at radius 2 is 2.24 bits per heavy atom. The van der Waals surface area contributed by atoms with Gasteiger partial charge in [-0.25, -0.2) is 9.37 Å². The van der Waals surface area contributed by atoms with Crippen molar-refractivity contribution in [2.24, 2.45) is 0 Å². The molecule has 3 heterocycles. The fraction of sp³-hybridized carbons (Fsp3) is 0.615. The van der Waals surface area contributed by atoms with E-state index >= 15 is 0 Å². The molecule has 4 heteroatoms. The lowest BCUT2D eigenvalue weighted by atomic mass is 10.2. The van der Waals surface area contributed by atoms with Gasteiger partial charge in [-0.3, -0.25) is 0 Å². The summed E-state index contributed by atoms with van der Waals surface area (Å²) in [6.07, 6.45) is 1.58. The molecule has 3 nitrogen and oxygen atoms in total. The summed E-state index contributed by atoms with van der Waals surface area (Å²) in [6, 6.07) is 2.09. The van der Waals surface area contributed by atoms with Gasteiger partial charge >= 0.3 is 0 Å². The van der Waals surface area contributed by atoms with Crippen LogP contribution in [0.3, 0.4) is 0 Å². The summed E-state index contributed by atoms with van der Waals surface area (Å²) in [5.74, 6) is 1.63. The SMILES string of the molecule is CC.Cc1ccnc2c1OCC1CC(F)CN21. The molecule has 2 unspecified atom stereocenters. The van der Waals surface area contributed by atoms with Gasteiger partial charge in [0, 0.05) is 12.6 Å². The van der Waals surface area contributed by atoms with E-state index in [1.807, 2.05) is 31.7 Å². The van der Waals surface area contributed by atoms with Crippen molar-refractivity contribution >= 4 is 5.82 Å². The van der Waals surface area contributed by atoms with E-state index in [1.54, 1.807) is 6.20 Å². The number of halogens is 1. The van der Waals surface area contributed by atoms with Gasteiger partial charge in [0.05, 0.1) is 12.6 Å². The molecule has 0 aromatic carbocycles. The molecule has 17 heavy (non-hydrogen) atoms. The number of hydrogen-bond donors (Lipinski definition) is 0. The van der Waals surface area contributed by atoms with Crippen molar-refractivity contribution in [3.8, 4) is 5.75 Å². The zero-order valence-electron chi connectivity index (χ0n) is 10.6. The molecule has 1 fully saturated rings. The van der Waals surface area contributed by atoms with Crippen molar-refractivity contribution in [3.05, 3.63) is 17.8 Å². The number of hydrogen-bond acceptors (Lipinski definition) is 3. The Balaban J connectivity index is 0.000000514. The quantitative estimate of drug-likeness (QED) is 0.695. The molecular weight excluding hydrogens is 219 g/mol. The highest BCUT2D eigenvalue weighted by atomic mass is 19.1. The van der Waals surface area contributed by atoms with E-state index in [-0.39, 0.29) is 6.04 Å². The molecule has 0 amide bonds. The number of anilines is 1. The lowest BCUT2D eigenvalue weighted by Crippen LogP contribution is -2.39. The summed E-state index contributed by atoms with van der Waals surface area (Å²) in [4.78, 5) is 6.33. The molecule has 3 rings (SSSR count). The Bertz CT molecular complexity index is 397. The zero-order valence-corrected chi connectivity index (χ0v) is 10.6. The molecular formula is C13H19FN2O. The lowest BCUT2D eigenvalue weighted by Gasteiger charge is -2.32. The lowest BCUT2D eigenvalue weighted by molar-refractivity contribution is 0.260. The van der Waals surface area contributed by atoms with E-state index in [4.69, 9.17) is 4.74 Å². The zero-order chi connectivity index (χ0) is 12.4. The van der Waals surface area contributed by atoms with Crippen molar-refractivity contribution in [2.45, 2.75) is 39.4 Å². The van der Waals surface area contributed by atoms with Crippen molar-refractivity contribution in [3.63, 3.8) is 0 Å². The van der Waals surface area contributed by atoms with Gasteiger partial charge in [0.25, 0.3) is 0 Å². The van der Waals surface area contributed by atoms with Crippen LogP contribution in [0.15, 0.2) is 12.3 Å². The second-order valence-electron chi connectivity index (χ2n) is 4.23. The molecule has 1 saturated heterocycles. The number of ether oxygens (including phenoxy) is 1. The standard InChI is InChI=1S/C11H13FN2O.C2H6/c1-7-2-3-13-11-10(7)15-6-9-4-8(12)5-14(9)11;1-2/h2-3,8-9H,4-6H2,1H3;1-2H3. The minimum atomic E-state index is -0.744. The highest BCUT2D eigenvalue weighted by molar-refractivity contribution is 5.59. The number of alkyl halides is 1. The van der Waals surface area contributed by atoms with Gasteiger partial charge in [-0.15, -0.1) is 0 Å². The first kappa shape index (κ1) is 12.1. The number of aryl methyl sites for hydroxylation is 1. The Kier molecular flexibility index (Phi) is 3.50. The second-order valence-corrected chi connectivity index (χ2v) is 4.23. The first-order valence-corrected chi connectivity index (χ1v) is 6.25. The predicted octanol–water partition coefficient (Wildman–Crippen LogP) is 2.73. The number of fused-ring (bicyclic) bond motifs is 3. The Labute approximate surface area is 102 Å². The maximum atomic E-state index is 13.3. The van der Waals surface area contributed by atoms with Gasteiger partial charge in [-0.05, 0) is 18.6 Å². The molecule has 2 atom stereocenters. The van der Waals surface area contributed by atoms with Gasteiger partial charge in [0.15, 0.2) is 11.6 Å². The largest absolute Gasteiger partial charge is 0.487 e. The highest BCUT2D eigenvalue weighted by Gasteiger charge is 2.38. The minimum Gasteiger partial charge on any atom is -0.487 e. The first-order valence-electron chi connectivity index (χ1n) is 6.25. The van der Waals surface area contributed by atoms with Gasteiger partial charge in [0.2, 0.25) is 0 Å². The fourth-order valence-electron chi connectivity index (χ4n) is 2.37. The maximum absolute atomic E-state index is 13.3. The third-order valence-electron chi connectivity index (χ3n) is 3.14. The van der Waals surface area contributed by atoms with E-state index < -0.39 is 6.17 Å². The monoisotopic (exact) mass is 238 g/mol. The van der Waals surface area contributed by atoms with Gasteiger partial charge in [-0.1, -0.05) is 13.8 Å². The number of pyridine rings is 1. The molecule has 0 N–H and O–H groups in total. The summed E-state index contributed by atoms with van der Waals surface area (Å²) in [7, 11) is 0. The Morgan fingerprint density at radius 1 is 1.47 bits per heavy atom. The van der Waals surface area contributed by atoms with Crippen LogP contribution in [0, 0.1) is 6.92 Å². The molecule has 0 radical (unpaired) electrons. The van der Waals surface area contributed by atoms with Crippen LogP contribution in [-0.4, -0.2) is 30.3 Å². The first-order chi connectivity index (χ1) is 8.25. The molecule has 0 bridgehead atoms. The molecule has 0 saturated carbocycles. The van der Waals surface area contributed by atoms with Gasteiger partial charge in [-0.2, -0.15) is 0 Å². The van der Waals surface area contributed by atoms with Crippen LogP contribution in [0.1, 0.15) is 25.8 Å². The maximum Gasteiger partial charge on any atom is 0.172 e. The van der Waals surface area contributed by atoms with Crippen LogP contribution in [-0.2, 0) is 0 Å². The summed E-state index contributed by atoms with van der Waals surface area (Å²) in [5.41, 5.74) is 1.07. The normalized spacial score (nSPS) is 25.3. The predicted molar refractivity (Wildman–Crippen MR) is 66.5 cm³/mol. The summed E-state index contributed by atoms with van der Waals surface area (Å²) < 4.78 is 18.9. The third-order valence-corrected chi connectivity index (χ3v) is 3.14. The molecule has 2 aliphatic rings. The highest BCUT2D eigenvalue weighted by Crippen LogP contribution is 2.38. The van der Waals surface area contributed by atoms with Crippen LogP contribution in [0.25, 0.3) is 0 Å². The number of aromatic nitrogens is 1. The Hall–Kier alpha value is -1.32. The average molecular weight is 238 g/mol. The molecule has 2 aliphatic heterocycles. The van der Waals surface area contributed by atoms with Crippen LogP contribution in [0.5, 0.6) is 5.75 Å². The average Bonchev–Trinajstić information content (AvgIpc) is 2.73. The van der Waals surface area contributed by atoms with E-state index in [9.17, 15) is 4.39 Å². The minimum absolute atomic E-state index is 0.168. The van der Waals surface area contributed by atoms with Crippen molar-refractivity contribution in [2.75, 3.05) is 18.1 Å². The van der Waals surface area contributed by atoms with Gasteiger partial charge in [0.1, 0.15) is 12.8 Å². The van der Waals surface area contributed by atoms with Crippen molar-refractivity contribution < 1.29 is 9.13 Å². The smallest absolute Gasteiger partial charge is 0.172 e.